The third-order valence-corrected chi connectivity index (χ3v) is 4.81. The lowest BCUT2D eigenvalue weighted by molar-refractivity contribution is 0.0932. The molecular formula is C15H20N4OS. The summed E-state index contributed by atoms with van der Waals surface area (Å²) in [6.45, 7) is 6.11. The van der Waals surface area contributed by atoms with Gasteiger partial charge in [-0.05, 0) is 40.0 Å². The molecule has 2 aromatic rings. The van der Waals surface area contributed by atoms with Crippen LogP contribution < -0.4 is 5.32 Å². The molecule has 0 unspecified atom stereocenters. The highest BCUT2D eigenvalue weighted by Crippen LogP contribution is 2.33. The molecule has 0 saturated heterocycles. The van der Waals surface area contributed by atoms with Crippen molar-refractivity contribution in [2.24, 2.45) is 0 Å². The second-order valence-electron chi connectivity index (χ2n) is 5.76. The quantitative estimate of drug-likeness (QED) is 0.948. The van der Waals surface area contributed by atoms with Crippen molar-refractivity contribution in [2.75, 3.05) is 0 Å². The number of thiazole rings is 1. The molecule has 112 valence electrons. The second-order valence-corrected chi connectivity index (χ2v) is 7.05. The number of carbonyl (C=O) groups is 1. The molecule has 6 heteroatoms. The molecule has 0 radical (unpaired) electrons. The van der Waals surface area contributed by atoms with Gasteiger partial charge in [0, 0.05) is 17.1 Å². The van der Waals surface area contributed by atoms with Crippen LogP contribution >= 0.6 is 11.3 Å². The molecule has 0 fully saturated rings. The Balaban J connectivity index is 1.76. The van der Waals surface area contributed by atoms with E-state index in [9.17, 15) is 4.79 Å². The number of aryl methyl sites for hydroxylation is 2. The average Bonchev–Trinajstić information content (AvgIpc) is 3.04. The molecule has 0 saturated carbocycles. The van der Waals surface area contributed by atoms with E-state index < -0.39 is 0 Å². The summed E-state index contributed by atoms with van der Waals surface area (Å²) in [6, 6.07) is 0.294. The molecule has 0 aromatic carbocycles. The minimum Gasteiger partial charge on any atom is -0.344 e. The predicted molar refractivity (Wildman–Crippen MR) is 82.6 cm³/mol. The number of hydrogen-bond donors (Lipinski definition) is 1. The van der Waals surface area contributed by atoms with Crippen LogP contribution in [0.2, 0.25) is 0 Å². The van der Waals surface area contributed by atoms with E-state index in [4.69, 9.17) is 0 Å². The molecule has 1 aliphatic carbocycles. The molecule has 0 aliphatic heterocycles. The maximum Gasteiger partial charge on any atom is 0.255 e. The van der Waals surface area contributed by atoms with E-state index in [1.807, 2.05) is 20.8 Å². The molecule has 1 amide bonds. The minimum atomic E-state index is -0.0644. The Kier molecular flexibility index (Phi) is 3.80. The van der Waals surface area contributed by atoms with Crippen LogP contribution in [0.3, 0.4) is 0 Å². The van der Waals surface area contributed by atoms with Gasteiger partial charge in [-0.25, -0.2) is 4.98 Å². The van der Waals surface area contributed by atoms with Crippen LogP contribution in [-0.2, 0) is 6.42 Å². The maximum absolute atomic E-state index is 12.4. The number of aromatic nitrogens is 3. The van der Waals surface area contributed by atoms with Gasteiger partial charge in [0.15, 0.2) is 0 Å². The smallest absolute Gasteiger partial charge is 0.255 e. The second kappa shape index (κ2) is 5.60. The molecule has 2 aromatic heterocycles. The van der Waals surface area contributed by atoms with Crippen LogP contribution in [0.15, 0.2) is 12.4 Å². The molecule has 0 bridgehead atoms. The van der Waals surface area contributed by atoms with Crippen molar-refractivity contribution in [3.05, 3.63) is 33.5 Å². The topological polar surface area (TPSA) is 59.8 Å². The molecule has 5 nitrogen and oxygen atoms in total. The van der Waals surface area contributed by atoms with Gasteiger partial charge in [-0.3, -0.25) is 9.48 Å². The number of nitrogens with zero attached hydrogens (tertiary/aromatic N) is 3. The Morgan fingerprint density at radius 1 is 1.52 bits per heavy atom. The van der Waals surface area contributed by atoms with Gasteiger partial charge in [0.1, 0.15) is 0 Å². The lowest BCUT2D eigenvalue weighted by atomic mass is 9.97. The van der Waals surface area contributed by atoms with Crippen molar-refractivity contribution in [3.63, 3.8) is 0 Å². The van der Waals surface area contributed by atoms with E-state index in [-0.39, 0.29) is 18.0 Å². The lowest BCUT2D eigenvalue weighted by Gasteiger charge is -2.22. The Morgan fingerprint density at radius 2 is 2.33 bits per heavy atom. The van der Waals surface area contributed by atoms with E-state index in [0.29, 0.717) is 5.56 Å². The predicted octanol–water partition coefficient (Wildman–Crippen LogP) is 3.04. The van der Waals surface area contributed by atoms with Crippen molar-refractivity contribution in [1.29, 1.82) is 0 Å². The molecule has 21 heavy (non-hydrogen) atoms. The fourth-order valence-electron chi connectivity index (χ4n) is 2.66. The first-order valence-corrected chi connectivity index (χ1v) is 8.17. The zero-order chi connectivity index (χ0) is 15.0. The highest BCUT2D eigenvalue weighted by Gasteiger charge is 2.26. The molecule has 1 aliphatic rings. The van der Waals surface area contributed by atoms with Crippen molar-refractivity contribution in [1.82, 2.24) is 20.1 Å². The van der Waals surface area contributed by atoms with Crippen molar-refractivity contribution >= 4 is 17.2 Å². The van der Waals surface area contributed by atoms with Gasteiger partial charge < -0.3 is 5.32 Å². The first-order valence-electron chi connectivity index (χ1n) is 7.36. The van der Waals surface area contributed by atoms with Gasteiger partial charge in [-0.1, -0.05) is 0 Å². The van der Waals surface area contributed by atoms with Gasteiger partial charge >= 0.3 is 0 Å². The van der Waals surface area contributed by atoms with E-state index in [1.54, 1.807) is 28.4 Å². The van der Waals surface area contributed by atoms with Crippen LogP contribution in [-0.4, -0.2) is 20.7 Å². The number of carbonyl (C=O) groups excluding carboxylic acids is 1. The highest BCUT2D eigenvalue weighted by atomic mass is 32.1. The van der Waals surface area contributed by atoms with E-state index in [0.717, 1.165) is 30.0 Å². The van der Waals surface area contributed by atoms with E-state index in [2.05, 4.69) is 15.4 Å². The van der Waals surface area contributed by atoms with E-state index >= 15 is 0 Å². The summed E-state index contributed by atoms with van der Waals surface area (Å²) in [6.07, 6.45) is 6.57. The molecule has 0 spiro atoms. The Labute approximate surface area is 128 Å². The van der Waals surface area contributed by atoms with Crippen LogP contribution in [0.4, 0.5) is 0 Å². The van der Waals surface area contributed by atoms with Gasteiger partial charge in [0.05, 0.1) is 28.5 Å². The van der Waals surface area contributed by atoms with Crippen LogP contribution in [0.25, 0.3) is 0 Å². The summed E-state index contributed by atoms with van der Waals surface area (Å²) in [5, 5.41) is 8.41. The average molecular weight is 304 g/mol. The van der Waals surface area contributed by atoms with E-state index in [1.165, 1.54) is 4.88 Å². The standard InChI is InChI=1S/C15H20N4OS/c1-9(2)19-8-11(7-16-19)15(20)18-12-5-4-6-13-14(12)17-10(3)21-13/h7-9,12H,4-6H2,1-3H3,(H,18,20)/t12-/m1/s1. The Hall–Kier alpha value is -1.69. The molecule has 3 rings (SSSR count). The number of hydrogen-bond acceptors (Lipinski definition) is 4. The highest BCUT2D eigenvalue weighted by molar-refractivity contribution is 7.11. The van der Waals surface area contributed by atoms with Crippen LogP contribution in [0, 0.1) is 6.92 Å². The zero-order valence-electron chi connectivity index (χ0n) is 12.6. The third-order valence-electron chi connectivity index (χ3n) is 3.76. The monoisotopic (exact) mass is 304 g/mol. The summed E-state index contributed by atoms with van der Waals surface area (Å²) in [5.74, 6) is -0.0644. The molecule has 2 heterocycles. The number of rotatable bonds is 3. The zero-order valence-corrected chi connectivity index (χ0v) is 13.4. The fraction of sp³-hybridized carbons (Fsp3) is 0.533. The number of fused-ring (bicyclic) bond motifs is 1. The first-order chi connectivity index (χ1) is 10.0. The third kappa shape index (κ3) is 2.85. The summed E-state index contributed by atoms with van der Waals surface area (Å²) in [7, 11) is 0. The summed E-state index contributed by atoms with van der Waals surface area (Å²) in [5.41, 5.74) is 1.68. The number of amides is 1. The lowest BCUT2D eigenvalue weighted by Crippen LogP contribution is -2.30. The molecule has 1 atom stereocenters. The Morgan fingerprint density at radius 3 is 3.05 bits per heavy atom. The summed E-state index contributed by atoms with van der Waals surface area (Å²) >= 11 is 1.75. The fourth-order valence-corrected chi connectivity index (χ4v) is 3.70. The van der Waals surface area contributed by atoms with Gasteiger partial charge in [0.2, 0.25) is 0 Å². The Bertz CT molecular complexity index is 658. The SMILES string of the molecule is Cc1nc2c(s1)CCC[C@H]2NC(=O)c1cnn(C(C)C)c1. The van der Waals surface area contributed by atoms with Gasteiger partial charge in [0.25, 0.3) is 5.91 Å². The normalized spacial score (nSPS) is 17.8. The van der Waals surface area contributed by atoms with Crippen molar-refractivity contribution < 1.29 is 4.79 Å². The largest absolute Gasteiger partial charge is 0.344 e. The van der Waals surface area contributed by atoms with Crippen molar-refractivity contribution in [2.45, 2.75) is 52.1 Å². The van der Waals surface area contributed by atoms with Crippen LogP contribution in [0.1, 0.15) is 64.7 Å². The van der Waals surface area contributed by atoms with Crippen molar-refractivity contribution in [3.8, 4) is 0 Å². The summed E-state index contributed by atoms with van der Waals surface area (Å²) < 4.78 is 1.80. The minimum absolute atomic E-state index is 0.0357. The van der Waals surface area contributed by atoms with Crippen LogP contribution in [0.5, 0.6) is 0 Å². The maximum atomic E-state index is 12.4. The number of nitrogens with one attached hydrogen (secondary N) is 1. The first kappa shape index (κ1) is 14.3. The van der Waals surface area contributed by atoms with Gasteiger partial charge in [-0.2, -0.15) is 5.10 Å². The van der Waals surface area contributed by atoms with Gasteiger partial charge in [-0.15, -0.1) is 11.3 Å². The molecular weight excluding hydrogens is 284 g/mol. The summed E-state index contributed by atoms with van der Waals surface area (Å²) in [4.78, 5) is 18.3. The molecule has 1 N–H and O–H groups in total.